The predicted molar refractivity (Wildman–Crippen MR) is 68.7 cm³/mol. The lowest BCUT2D eigenvalue weighted by Crippen LogP contribution is -2.15. The van der Waals surface area contributed by atoms with Crippen molar-refractivity contribution in [2.45, 2.75) is 12.3 Å². The van der Waals surface area contributed by atoms with E-state index in [0.29, 0.717) is 5.88 Å². The van der Waals surface area contributed by atoms with E-state index in [1.54, 1.807) is 18.5 Å². The van der Waals surface area contributed by atoms with Crippen molar-refractivity contribution in [1.29, 1.82) is 0 Å². The summed E-state index contributed by atoms with van der Waals surface area (Å²) in [6.45, 7) is 0.799. The molecule has 1 aliphatic rings. The molecular formula is C13H11ClFN3. The first-order chi connectivity index (χ1) is 8.78. The van der Waals surface area contributed by atoms with E-state index in [9.17, 15) is 4.39 Å². The standard InChI is InChI=1S/C13H11ClFN3/c14-6-11-7-17-13(8-16-11)18-4-3-9-1-2-10(15)5-12(9)18/h1-2,5,7-8H,3-4,6H2. The van der Waals surface area contributed by atoms with Crippen LogP contribution in [0, 0.1) is 5.82 Å². The van der Waals surface area contributed by atoms with Crippen LogP contribution < -0.4 is 4.90 Å². The van der Waals surface area contributed by atoms with Crippen molar-refractivity contribution < 1.29 is 4.39 Å². The highest BCUT2D eigenvalue weighted by Gasteiger charge is 2.21. The van der Waals surface area contributed by atoms with Crippen LogP contribution in [0.4, 0.5) is 15.9 Å². The van der Waals surface area contributed by atoms with Gasteiger partial charge >= 0.3 is 0 Å². The molecule has 0 spiro atoms. The fourth-order valence-corrected chi connectivity index (χ4v) is 2.28. The highest BCUT2D eigenvalue weighted by atomic mass is 35.5. The van der Waals surface area contributed by atoms with Crippen LogP contribution in [0.5, 0.6) is 0 Å². The van der Waals surface area contributed by atoms with Crippen molar-refractivity contribution >= 4 is 23.1 Å². The SMILES string of the molecule is Fc1ccc2c(c1)N(c1cnc(CCl)cn1)CC2. The summed E-state index contributed by atoms with van der Waals surface area (Å²) in [6, 6.07) is 4.86. The molecule has 0 saturated heterocycles. The number of anilines is 2. The van der Waals surface area contributed by atoms with E-state index in [4.69, 9.17) is 11.6 Å². The van der Waals surface area contributed by atoms with Gasteiger partial charge in [-0.1, -0.05) is 6.07 Å². The molecule has 92 valence electrons. The fraction of sp³-hybridized carbons (Fsp3) is 0.231. The van der Waals surface area contributed by atoms with Crippen molar-refractivity contribution in [3.63, 3.8) is 0 Å². The van der Waals surface area contributed by atoms with Gasteiger partial charge in [0.05, 0.1) is 24.0 Å². The number of benzene rings is 1. The largest absolute Gasteiger partial charge is 0.324 e. The van der Waals surface area contributed by atoms with Crippen LogP contribution in [0.15, 0.2) is 30.6 Å². The third-order valence-corrected chi connectivity index (χ3v) is 3.32. The molecule has 0 bridgehead atoms. The molecule has 0 saturated carbocycles. The third-order valence-electron chi connectivity index (χ3n) is 3.05. The van der Waals surface area contributed by atoms with Gasteiger partial charge in [-0.2, -0.15) is 0 Å². The fourth-order valence-electron chi connectivity index (χ4n) is 2.15. The van der Waals surface area contributed by atoms with Gasteiger partial charge in [0.15, 0.2) is 5.82 Å². The Labute approximate surface area is 109 Å². The summed E-state index contributed by atoms with van der Waals surface area (Å²) in [6.07, 6.45) is 4.23. The molecule has 5 heteroatoms. The number of hydrogen-bond acceptors (Lipinski definition) is 3. The Morgan fingerprint density at radius 1 is 1.28 bits per heavy atom. The summed E-state index contributed by atoms with van der Waals surface area (Å²) in [5, 5.41) is 0. The van der Waals surface area contributed by atoms with Crippen molar-refractivity contribution in [2.24, 2.45) is 0 Å². The molecule has 0 atom stereocenters. The van der Waals surface area contributed by atoms with Crippen LogP contribution in [0.3, 0.4) is 0 Å². The Morgan fingerprint density at radius 3 is 2.89 bits per heavy atom. The molecule has 3 nitrogen and oxygen atoms in total. The van der Waals surface area contributed by atoms with Crippen LogP contribution in [-0.4, -0.2) is 16.5 Å². The quantitative estimate of drug-likeness (QED) is 0.780. The second-order valence-corrected chi connectivity index (χ2v) is 4.44. The maximum atomic E-state index is 13.3. The lowest BCUT2D eigenvalue weighted by molar-refractivity contribution is 0.628. The number of hydrogen-bond donors (Lipinski definition) is 0. The highest BCUT2D eigenvalue weighted by Crippen LogP contribution is 2.33. The van der Waals surface area contributed by atoms with E-state index >= 15 is 0 Å². The van der Waals surface area contributed by atoms with Crippen molar-refractivity contribution in [3.8, 4) is 0 Å². The summed E-state index contributed by atoms with van der Waals surface area (Å²) < 4.78 is 13.3. The van der Waals surface area contributed by atoms with Crippen LogP contribution in [0.1, 0.15) is 11.3 Å². The zero-order valence-corrected chi connectivity index (χ0v) is 10.4. The number of aromatic nitrogens is 2. The summed E-state index contributed by atoms with van der Waals surface area (Å²) in [7, 11) is 0. The first-order valence-corrected chi connectivity index (χ1v) is 6.24. The number of fused-ring (bicyclic) bond motifs is 1. The van der Waals surface area contributed by atoms with E-state index in [1.807, 2.05) is 11.0 Å². The summed E-state index contributed by atoms with van der Waals surface area (Å²) in [5.74, 6) is 0.845. The van der Waals surface area contributed by atoms with E-state index in [1.165, 1.54) is 6.07 Å². The van der Waals surface area contributed by atoms with Gasteiger partial charge in [0.2, 0.25) is 0 Å². The average Bonchev–Trinajstić information content (AvgIpc) is 2.82. The van der Waals surface area contributed by atoms with E-state index < -0.39 is 0 Å². The predicted octanol–water partition coefficient (Wildman–Crippen LogP) is 3.05. The molecular weight excluding hydrogens is 253 g/mol. The Balaban J connectivity index is 1.97. The van der Waals surface area contributed by atoms with Crippen LogP contribution in [-0.2, 0) is 12.3 Å². The molecule has 1 aromatic heterocycles. The second-order valence-electron chi connectivity index (χ2n) is 4.17. The molecule has 0 fully saturated rings. The average molecular weight is 264 g/mol. The number of nitrogens with zero attached hydrogens (tertiary/aromatic N) is 3. The summed E-state index contributed by atoms with van der Waals surface area (Å²) in [5.41, 5.74) is 2.75. The Bertz CT molecular complexity index is 571. The maximum absolute atomic E-state index is 13.3. The monoisotopic (exact) mass is 263 g/mol. The zero-order valence-electron chi connectivity index (χ0n) is 9.61. The second kappa shape index (κ2) is 4.53. The Kier molecular flexibility index (Phi) is 2.88. The van der Waals surface area contributed by atoms with Gasteiger partial charge in [-0.05, 0) is 24.1 Å². The van der Waals surface area contributed by atoms with Gasteiger partial charge < -0.3 is 4.90 Å². The van der Waals surface area contributed by atoms with Gasteiger partial charge in [-0.25, -0.2) is 9.37 Å². The van der Waals surface area contributed by atoms with Crippen LogP contribution >= 0.6 is 11.6 Å². The zero-order chi connectivity index (χ0) is 12.5. The van der Waals surface area contributed by atoms with Crippen molar-refractivity contribution in [2.75, 3.05) is 11.4 Å². The van der Waals surface area contributed by atoms with Gasteiger partial charge in [-0.3, -0.25) is 4.98 Å². The topological polar surface area (TPSA) is 29.0 Å². The van der Waals surface area contributed by atoms with Gasteiger partial charge in [0.25, 0.3) is 0 Å². The molecule has 1 aliphatic heterocycles. The van der Waals surface area contributed by atoms with Crippen molar-refractivity contribution in [1.82, 2.24) is 9.97 Å². The number of rotatable bonds is 2. The van der Waals surface area contributed by atoms with E-state index in [-0.39, 0.29) is 5.82 Å². The molecule has 0 unspecified atom stereocenters. The number of halogens is 2. The minimum atomic E-state index is -0.231. The first-order valence-electron chi connectivity index (χ1n) is 5.71. The van der Waals surface area contributed by atoms with Gasteiger partial charge in [0, 0.05) is 12.2 Å². The lowest BCUT2D eigenvalue weighted by Gasteiger charge is -2.17. The van der Waals surface area contributed by atoms with E-state index in [0.717, 1.165) is 35.7 Å². The normalized spacial score (nSPS) is 13.8. The minimum absolute atomic E-state index is 0.231. The maximum Gasteiger partial charge on any atom is 0.151 e. The van der Waals surface area contributed by atoms with Crippen LogP contribution in [0.25, 0.3) is 0 Å². The van der Waals surface area contributed by atoms with Gasteiger partial charge in [0.1, 0.15) is 5.82 Å². The Morgan fingerprint density at radius 2 is 2.17 bits per heavy atom. The number of alkyl halides is 1. The summed E-state index contributed by atoms with van der Waals surface area (Å²) >= 11 is 5.68. The summed E-state index contributed by atoms with van der Waals surface area (Å²) in [4.78, 5) is 10.5. The molecule has 0 radical (unpaired) electrons. The van der Waals surface area contributed by atoms with Crippen molar-refractivity contribution in [3.05, 3.63) is 47.7 Å². The van der Waals surface area contributed by atoms with Crippen LogP contribution in [0.2, 0.25) is 0 Å². The lowest BCUT2D eigenvalue weighted by atomic mass is 10.2. The molecule has 18 heavy (non-hydrogen) atoms. The first kappa shape index (κ1) is 11.4. The molecule has 0 N–H and O–H groups in total. The molecule has 2 aromatic rings. The third kappa shape index (κ3) is 1.93. The van der Waals surface area contributed by atoms with E-state index in [2.05, 4.69) is 9.97 Å². The molecule has 0 aliphatic carbocycles. The molecule has 3 rings (SSSR count). The molecule has 2 heterocycles. The smallest absolute Gasteiger partial charge is 0.151 e. The molecule has 1 aromatic carbocycles. The van der Waals surface area contributed by atoms with Gasteiger partial charge in [-0.15, -0.1) is 11.6 Å². The minimum Gasteiger partial charge on any atom is -0.324 e. The Hall–Kier alpha value is -1.68. The highest BCUT2D eigenvalue weighted by molar-refractivity contribution is 6.16. The molecule has 0 amide bonds.